The number of nitrogens with zero attached hydrogens (tertiary/aromatic N) is 3. The zero-order valence-corrected chi connectivity index (χ0v) is 19.5. The lowest BCUT2D eigenvalue weighted by atomic mass is 10.0. The molecule has 2 aromatic carbocycles. The molecule has 0 aliphatic rings. The lowest BCUT2D eigenvalue weighted by Gasteiger charge is -2.11. The van der Waals surface area contributed by atoms with Crippen LogP contribution in [0.1, 0.15) is 26.3 Å². The van der Waals surface area contributed by atoms with Gasteiger partial charge in [0, 0.05) is 30.8 Å². The molecular formula is C26H26N6O3. The summed E-state index contributed by atoms with van der Waals surface area (Å²) in [5.41, 5.74) is 2.10. The van der Waals surface area contributed by atoms with Crippen LogP contribution in [0, 0.1) is 0 Å². The minimum Gasteiger partial charge on any atom is -0.351 e. The van der Waals surface area contributed by atoms with Crippen molar-refractivity contribution in [1.82, 2.24) is 25.2 Å². The van der Waals surface area contributed by atoms with Gasteiger partial charge in [-0.15, -0.1) is 0 Å². The van der Waals surface area contributed by atoms with E-state index in [2.05, 4.69) is 25.6 Å². The second-order valence-corrected chi connectivity index (χ2v) is 8.34. The number of fused-ring (bicyclic) bond motifs is 1. The molecule has 0 bridgehead atoms. The van der Waals surface area contributed by atoms with Gasteiger partial charge >= 0.3 is 0 Å². The number of likely N-dealkylation sites (N-methyl/N-ethyl adjacent to an activating group) is 1. The summed E-state index contributed by atoms with van der Waals surface area (Å²) in [7, 11) is 3.80. The van der Waals surface area contributed by atoms with Crippen molar-refractivity contribution in [2.45, 2.75) is 6.42 Å². The first-order valence-electron chi connectivity index (χ1n) is 11.2. The number of pyridine rings is 1. The summed E-state index contributed by atoms with van der Waals surface area (Å²) in [5.74, 6) is 0.0346. The molecule has 1 amide bonds. The SMILES string of the molecule is CN(C)CCNC(=O)c1cc2c(Nc3ccc(CC(=O)c4ccccc4)cc3)ncnc2[nH]c1=O. The first-order valence-corrected chi connectivity index (χ1v) is 11.2. The van der Waals surface area contributed by atoms with E-state index in [1.807, 2.05) is 61.5 Å². The van der Waals surface area contributed by atoms with E-state index >= 15 is 0 Å². The summed E-state index contributed by atoms with van der Waals surface area (Å²) in [6, 6.07) is 18.1. The van der Waals surface area contributed by atoms with Crippen molar-refractivity contribution in [2.75, 3.05) is 32.5 Å². The number of Topliss-reactive ketones (excluding diaryl/α,β-unsaturated/α-hetero) is 1. The minimum atomic E-state index is -0.517. The molecule has 0 saturated heterocycles. The van der Waals surface area contributed by atoms with Crippen molar-refractivity contribution < 1.29 is 9.59 Å². The highest BCUT2D eigenvalue weighted by Gasteiger charge is 2.15. The van der Waals surface area contributed by atoms with Crippen LogP contribution in [0.5, 0.6) is 0 Å². The summed E-state index contributed by atoms with van der Waals surface area (Å²) in [6.45, 7) is 1.07. The third kappa shape index (κ3) is 5.96. The Bertz CT molecular complexity index is 1400. The maximum Gasteiger partial charge on any atom is 0.262 e. The number of amides is 1. The molecule has 0 spiro atoms. The van der Waals surface area contributed by atoms with Crippen molar-refractivity contribution in [3.8, 4) is 0 Å². The van der Waals surface area contributed by atoms with Crippen molar-refractivity contribution >= 4 is 34.2 Å². The molecule has 9 heteroatoms. The quantitative estimate of drug-likeness (QED) is 0.322. The topological polar surface area (TPSA) is 120 Å². The van der Waals surface area contributed by atoms with Crippen LogP contribution in [0.4, 0.5) is 11.5 Å². The lowest BCUT2D eigenvalue weighted by molar-refractivity contribution is 0.0948. The third-order valence-electron chi connectivity index (χ3n) is 5.42. The zero-order chi connectivity index (χ0) is 24.8. The average Bonchev–Trinajstić information content (AvgIpc) is 2.85. The minimum absolute atomic E-state index is 0.0103. The molecule has 0 aliphatic carbocycles. The van der Waals surface area contributed by atoms with Crippen LogP contribution >= 0.6 is 0 Å². The molecule has 4 aromatic rings. The van der Waals surface area contributed by atoms with Gasteiger partial charge in [-0.3, -0.25) is 14.4 Å². The molecule has 9 nitrogen and oxygen atoms in total. The lowest BCUT2D eigenvalue weighted by Crippen LogP contribution is -2.34. The molecule has 2 aromatic heterocycles. The Kier molecular flexibility index (Phi) is 7.27. The normalized spacial score (nSPS) is 10.9. The number of benzene rings is 2. The van der Waals surface area contributed by atoms with E-state index in [9.17, 15) is 14.4 Å². The van der Waals surface area contributed by atoms with E-state index in [0.29, 0.717) is 41.9 Å². The predicted molar refractivity (Wildman–Crippen MR) is 135 cm³/mol. The summed E-state index contributed by atoms with van der Waals surface area (Å²) >= 11 is 0. The van der Waals surface area contributed by atoms with Crippen LogP contribution in [0.15, 0.2) is 71.8 Å². The molecule has 35 heavy (non-hydrogen) atoms. The van der Waals surface area contributed by atoms with Gasteiger partial charge in [-0.25, -0.2) is 9.97 Å². The molecule has 0 unspecified atom stereocenters. The molecule has 2 heterocycles. The number of carbonyl (C=O) groups is 2. The highest BCUT2D eigenvalue weighted by atomic mass is 16.2. The highest BCUT2D eigenvalue weighted by molar-refractivity contribution is 5.99. The monoisotopic (exact) mass is 470 g/mol. The fourth-order valence-electron chi connectivity index (χ4n) is 3.53. The largest absolute Gasteiger partial charge is 0.351 e. The summed E-state index contributed by atoms with van der Waals surface area (Å²) in [4.78, 5) is 50.4. The molecule has 0 fully saturated rings. The second-order valence-electron chi connectivity index (χ2n) is 8.34. The first kappa shape index (κ1) is 23.8. The van der Waals surface area contributed by atoms with Gasteiger partial charge in [0.1, 0.15) is 23.4 Å². The van der Waals surface area contributed by atoms with Gasteiger partial charge in [-0.1, -0.05) is 42.5 Å². The molecular weight excluding hydrogens is 444 g/mol. The number of hydrogen-bond donors (Lipinski definition) is 3. The Labute approximate surface area is 202 Å². The number of carbonyl (C=O) groups excluding carboxylic acids is 2. The number of H-pyrrole nitrogens is 1. The van der Waals surface area contributed by atoms with Gasteiger partial charge in [0.25, 0.3) is 11.5 Å². The molecule has 3 N–H and O–H groups in total. The van der Waals surface area contributed by atoms with Crippen molar-refractivity contribution in [3.63, 3.8) is 0 Å². The molecule has 0 aliphatic heterocycles. The van der Waals surface area contributed by atoms with Gasteiger partial charge in [-0.05, 0) is 37.9 Å². The van der Waals surface area contributed by atoms with Crippen LogP contribution in [0.3, 0.4) is 0 Å². The zero-order valence-electron chi connectivity index (χ0n) is 19.5. The average molecular weight is 471 g/mol. The fourth-order valence-corrected chi connectivity index (χ4v) is 3.53. The Hall–Kier alpha value is -4.37. The number of ketones is 1. The Morgan fingerprint density at radius 1 is 1.00 bits per heavy atom. The van der Waals surface area contributed by atoms with Crippen molar-refractivity contribution in [3.05, 3.63) is 94.0 Å². The smallest absolute Gasteiger partial charge is 0.262 e. The molecule has 0 atom stereocenters. The number of aromatic amines is 1. The maximum atomic E-state index is 12.5. The van der Waals surface area contributed by atoms with Crippen molar-refractivity contribution in [2.24, 2.45) is 0 Å². The van der Waals surface area contributed by atoms with Crippen LogP contribution in [-0.2, 0) is 6.42 Å². The van der Waals surface area contributed by atoms with E-state index < -0.39 is 11.5 Å². The predicted octanol–water partition coefficient (Wildman–Crippen LogP) is 2.78. The number of rotatable bonds is 9. The first-order chi connectivity index (χ1) is 16.9. The van der Waals surface area contributed by atoms with E-state index in [-0.39, 0.29) is 11.3 Å². The van der Waals surface area contributed by atoms with Crippen LogP contribution in [-0.4, -0.2) is 58.7 Å². The molecule has 0 radical (unpaired) electrons. The van der Waals surface area contributed by atoms with Crippen molar-refractivity contribution in [1.29, 1.82) is 0 Å². The number of hydrogen-bond acceptors (Lipinski definition) is 7. The second kappa shape index (κ2) is 10.7. The summed E-state index contributed by atoms with van der Waals surface area (Å²) in [6.07, 6.45) is 1.64. The van der Waals surface area contributed by atoms with Gasteiger partial charge in [-0.2, -0.15) is 0 Å². The van der Waals surface area contributed by atoms with Crippen LogP contribution in [0.2, 0.25) is 0 Å². The van der Waals surface area contributed by atoms with Gasteiger partial charge in [0.05, 0.1) is 5.39 Å². The maximum absolute atomic E-state index is 12.5. The van der Waals surface area contributed by atoms with Gasteiger partial charge in [0.15, 0.2) is 5.78 Å². The Morgan fingerprint density at radius 3 is 2.46 bits per heavy atom. The van der Waals surface area contributed by atoms with Gasteiger partial charge in [0.2, 0.25) is 0 Å². The molecule has 0 saturated carbocycles. The number of aromatic nitrogens is 3. The highest BCUT2D eigenvalue weighted by Crippen LogP contribution is 2.22. The van der Waals surface area contributed by atoms with E-state index in [0.717, 1.165) is 11.3 Å². The number of nitrogens with one attached hydrogen (secondary N) is 3. The Balaban J connectivity index is 1.52. The van der Waals surface area contributed by atoms with Crippen LogP contribution in [0.25, 0.3) is 11.0 Å². The van der Waals surface area contributed by atoms with E-state index in [1.54, 1.807) is 12.1 Å². The van der Waals surface area contributed by atoms with E-state index in [1.165, 1.54) is 12.4 Å². The molecule has 178 valence electrons. The number of anilines is 2. The standard InChI is InChI=1S/C26H26N6O3/c1-32(2)13-12-27-25(34)21-15-20-23(28-16-29-24(20)31-26(21)35)30-19-10-8-17(9-11-19)14-22(33)18-6-4-3-5-7-18/h3-11,15-16H,12-14H2,1-2H3,(H,27,34)(H2,28,29,30,31,35). The fraction of sp³-hybridized carbons (Fsp3) is 0.192. The Morgan fingerprint density at radius 2 is 1.74 bits per heavy atom. The van der Waals surface area contributed by atoms with Gasteiger partial charge < -0.3 is 20.5 Å². The molecule has 4 rings (SSSR count). The summed E-state index contributed by atoms with van der Waals surface area (Å²) in [5, 5.41) is 6.46. The van der Waals surface area contributed by atoms with E-state index in [4.69, 9.17) is 0 Å². The summed E-state index contributed by atoms with van der Waals surface area (Å²) < 4.78 is 0. The third-order valence-corrected chi connectivity index (χ3v) is 5.42. The van der Waals surface area contributed by atoms with Crippen LogP contribution < -0.4 is 16.2 Å².